The second-order valence-corrected chi connectivity index (χ2v) is 5.25. The Hall–Kier alpha value is -3.44. The van der Waals surface area contributed by atoms with E-state index in [0.717, 1.165) is 18.6 Å². The van der Waals surface area contributed by atoms with E-state index in [9.17, 15) is 27.7 Å². The van der Waals surface area contributed by atoms with Crippen LogP contribution in [0, 0.1) is 4.91 Å². The van der Waals surface area contributed by atoms with Gasteiger partial charge in [0.2, 0.25) is 0 Å². The highest BCUT2D eigenvalue weighted by Gasteiger charge is 2.30. The standard InChI is InChI=1S/C17H22F3N5O4.C2H6/c1-5-7-10-21-14(15(26)25-28)22-12(4)23-16(27)24-13(6-2)9-8-11(3)29-17(18,19)20;1-2/h6,8-9H,3-5,7,10H2,1-2H3,(H,21,22)(H2,23,24,27);1-2H3/b9-8-,13-6+;. The second-order valence-electron chi connectivity index (χ2n) is 5.25. The number of hydrogen-bond donors (Lipinski definition) is 3. The fourth-order valence-electron chi connectivity index (χ4n) is 1.60. The third-order valence-electron chi connectivity index (χ3n) is 2.87. The van der Waals surface area contributed by atoms with Gasteiger partial charge in [0.15, 0.2) is 5.84 Å². The van der Waals surface area contributed by atoms with Crippen LogP contribution in [0.5, 0.6) is 0 Å². The maximum atomic E-state index is 12.1. The molecule has 0 saturated carbocycles. The summed E-state index contributed by atoms with van der Waals surface area (Å²) in [6.45, 7) is 14.2. The van der Waals surface area contributed by atoms with E-state index >= 15 is 0 Å². The molecule has 31 heavy (non-hydrogen) atoms. The average Bonchev–Trinajstić information content (AvgIpc) is 2.69. The molecule has 0 spiro atoms. The number of halogens is 3. The number of aliphatic imine (C=N–C) groups is 1. The summed E-state index contributed by atoms with van der Waals surface area (Å²) in [6, 6.07) is -0.831. The summed E-state index contributed by atoms with van der Waals surface area (Å²) in [7, 11) is 0. The molecule has 0 aromatic heterocycles. The van der Waals surface area contributed by atoms with Crippen molar-refractivity contribution >= 4 is 17.8 Å². The smallest absolute Gasteiger partial charge is 0.406 e. The van der Waals surface area contributed by atoms with Crippen molar-refractivity contribution in [3.8, 4) is 0 Å². The maximum Gasteiger partial charge on any atom is 0.573 e. The molecule has 0 radical (unpaired) electrons. The average molecular weight is 447 g/mol. The number of carbonyl (C=O) groups excluding carboxylic acids is 2. The van der Waals surface area contributed by atoms with Gasteiger partial charge in [-0.1, -0.05) is 46.4 Å². The Morgan fingerprint density at radius 2 is 1.71 bits per heavy atom. The lowest BCUT2D eigenvalue weighted by Gasteiger charge is -2.12. The van der Waals surface area contributed by atoms with Crippen molar-refractivity contribution in [1.82, 2.24) is 16.0 Å². The van der Waals surface area contributed by atoms with Crippen molar-refractivity contribution in [3.63, 3.8) is 0 Å². The molecule has 174 valence electrons. The quantitative estimate of drug-likeness (QED) is 0.121. The van der Waals surface area contributed by atoms with Crippen molar-refractivity contribution in [2.75, 3.05) is 6.54 Å². The number of hydrogen-bond acceptors (Lipinski definition) is 5. The minimum absolute atomic E-state index is 0.115. The Morgan fingerprint density at radius 1 is 1.10 bits per heavy atom. The molecule has 0 aromatic rings. The number of unbranched alkanes of at least 4 members (excludes halogenated alkanes) is 1. The highest BCUT2D eigenvalue weighted by molar-refractivity contribution is 6.38. The molecule has 0 fully saturated rings. The zero-order valence-electron chi connectivity index (χ0n) is 17.9. The number of amides is 3. The summed E-state index contributed by atoms with van der Waals surface area (Å²) in [5.41, 5.74) is 0.115. The summed E-state index contributed by atoms with van der Waals surface area (Å²) in [5, 5.41) is 9.18. The number of amidine groups is 1. The topological polar surface area (TPSA) is 121 Å². The zero-order chi connectivity index (χ0) is 24.4. The van der Waals surface area contributed by atoms with Gasteiger partial charge in [0, 0.05) is 17.4 Å². The van der Waals surface area contributed by atoms with Crippen LogP contribution in [-0.4, -0.2) is 30.7 Å². The molecular formula is C19H28F3N5O4. The predicted octanol–water partition coefficient (Wildman–Crippen LogP) is 4.37. The van der Waals surface area contributed by atoms with E-state index < -0.39 is 24.1 Å². The molecule has 0 saturated heterocycles. The Bertz CT molecular complexity index is 729. The third-order valence-corrected chi connectivity index (χ3v) is 2.87. The van der Waals surface area contributed by atoms with Gasteiger partial charge >= 0.3 is 18.3 Å². The van der Waals surface area contributed by atoms with E-state index in [1.165, 1.54) is 13.0 Å². The van der Waals surface area contributed by atoms with Gasteiger partial charge in [0.05, 0.1) is 0 Å². The number of alkyl halides is 3. The van der Waals surface area contributed by atoms with E-state index in [1.54, 1.807) is 0 Å². The number of urea groups is 1. The van der Waals surface area contributed by atoms with Crippen molar-refractivity contribution in [2.45, 2.75) is 46.9 Å². The number of nitrogens with zero attached hydrogens (tertiary/aromatic N) is 2. The summed E-state index contributed by atoms with van der Waals surface area (Å²) >= 11 is 0. The SMILES string of the molecule is C=C(NC(=O)NC(/C=C\C(=C)OC(F)(F)F)=C/C)NC(=NCCCC)C(=O)N=O.CC. The van der Waals surface area contributed by atoms with E-state index in [4.69, 9.17) is 0 Å². The molecule has 0 aliphatic rings. The summed E-state index contributed by atoms with van der Waals surface area (Å²) in [5.74, 6) is -2.41. The molecule has 0 aliphatic heterocycles. The van der Waals surface area contributed by atoms with E-state index in [2.05, 4.69) is 44.0 Å². The number of nitroso groups, excluding NO2 is 1. The van der Waals surface area contributed by atoms with Crippen molar-refractivity contribution in [1.29, 1.82) is 0 Å². The highest BCUT2D eigenvalue weighted by Crippen LogP contribution is 2.20. The Labute approximate surface area is 179 Å². The normalized spacial score (nSPS) is 11.7. The first-order valence-electron chi connectivity index (χ1n) is 9.27. The van der Waals surface area contributed by atoms with Crippen molar-refractivity contribution < 1.29 is 27.5 Å². The molecule has 0 heterocycles. The minimum atomic E-state index is -4.88. The maximum absolute atomic E-state index is 12.1. The molecule has 0 aromatic carbocycles. The number of carbonyl (C=O) groups is 2. The van der Waals surface area contributed by atoms with Crippen LogP contribution in [0.1, 0.15) is 40.5 Å². The molecular weight excluding hydrogens is 419 g/mol. The number of rotatable bonds is 9. The molecule has 0 unspecified atom stereocenters. The van der Waals surface area contributed by atoms with Gasteiger partial charge in [0.1, 0.15) is 11.6 Å². The van der Waals surface area contributed by atoms with Crippen LogP contribution in [0.15, 0.2) is 58.8 Å². The van der Waals surface area contributed by atoms with Crippen LogP contribution in [0.4, 0.5) is 18.0 Å². The van der Waals surface area contributed by atoms with Crippen LogP contribution < -0.4 is 16.0 Å². The van der Waals surface area contributed by atoms with E-state index in [0.29, 0.717) is 6.42 Å². The van der Waals surface area contributed by atoms with Gasteiger partial charge in [0.25, 0.3) is 0 Å². The van der Waals surface area contributed by atoms with Gasteiger partial charge in [-0.3, -0.25) is 15.1 Å². The largest absolute Gasteiger partial charge is 0.573 e. The van der Waals surface area contributed by atoms with Crippen molar-refractivity contribution in [2.24, 2.45) is 10.2 Å². The molecule has 0 aliphatic carbocycles. The van der Waals surface area contributed by atoms with Crippen molar-refractivity contribution in [3.05, 3.63) is 53.6 Å². The predicted molar refractivity (Wildman–Crippen MR) is 112 cm³/mol. The fraction of sp³-hybridized carbons (Fsp3) is 0.421. The first-order valence-corrected chi connectivity index (χ1v) is 9.27. The highest BCUT2D eigenvalue weighted by atomic mass is 19.4. The number of nitrogens with one attached hydrogen (secondary N) is 3. The Balaban J connectivity index is 0. The molecule has 0 atom stereocenters. The summed E-state index contributed by atoms with van der Waals surface area (Å²) in [6.07, 6.45) is 0.0180. The summed E-state index contributed by atoms with van der Waals surface area (Å²) < 4.78 is 39.8. The lowest BCUT2D eigenvalue weighted by atomic mass is 10.3. The monoisotopic (exact) mass is 447 g/mol. The van der Waals surface area contributed by atoms with Crippen LogP contribution >= 0.6 is 0 Å². The molecule has 0 bridgehead atoms. The van der Waals surface area contributed by atoms with Gasteiger partial charge in [-0.2, -0.15) is 0 Å². The van der Waals surface area contributed by atoms with Crippen LogP contribution in [0.3, 0.4) is 0 Å². The summed E-state index contributed by atoms with van der Waals surface area (Å²) in [4.78, 5) is 37.7. The van der Waals surface area contributed by atoms with Crippen LogP contribution in [0.2, 0.25) is 0 Å². The van der Waals surface area contributed by atoms with Gasteiger partial charge in [-0.05, 0) is 25.5 Å². The number of ether oxygens (including phenoxy) is 1. The lowest BCUT2D eigenvalue weighted by Crippen LogP contribution is -2.41. The number of allylic oxidation sites excluding steroid dienone is 3. The minimum Gasteiger partial charge on any atom is -0.406 e. The first-order chi connectivity index (χ1) is 14.5. The van der Waals surface area contributed by atoms with E-state index in [-0.39, 0.29) is 23.9 Å². The van der Waals surface area contributed by atoms with Gasteiger partial charge in [-0.15, -0.1) is 18.1 Å². The molecule has 9 nitrogen and oxygen atoms in total. The van der Waals surface area contributed by atoms with Crippen LogP contribution in [0.25, 0.3) is 0 Å². The molecule has 3 N–H and O–H groups in total. The Morgan fingerprint density at radius 3 is 2.19 bits per heavy atom. The molecule has 12 heteroatoms. The molecule has 0 rings (SSSR count). The second kappa shape index (κ2) is 16.4. The fourth-order valence-corrected chi connectivity index (χ4v) is 1.60. The first kappa shape index (κ1) is 29.8. The molecule has 3 amide bonds. The van der Waals surface area contributed by atoms with E-state index in [1.807, 2.05) is 20.8 Å². The van der Waals surface area contributed by atoms with Gasteiger partial charge in [-0.25, -0.2) is 4.79 Å². The lowest BCUT2D eigenvalue weighted by molar-refractivity contribution is -0.303. The van der Waals surface area contributed by atoms with Gasteiger partial charge < -0.3 is 15.4 Å². The van der Waals surface area contributed by atoms with Crippen LogP contribution in [-0.2, 0) is 9.53 Å². The Kier molecular flexibility index (Phi) is 15.7. The third kappa shape index (κ3) is 16.1. The zero-order valence-corrected chi connectivity index (χ0v) is 17.9.